The topological polar surface area (TPSA) is 58.6 Å². The molecule has 6 heteroatoms. The first-order chi connectivity index (χ1) is 11.1. The van der Waals surface area contributed by atoms with Crippen LogP contribution in [0, 0.1) is 5.92 Å². The van der Waals surface area contributed by atoms with Gasteiger partial charge in [-0.25, -0.2) is 4.79 Å². The van der Waals surface area contributed by atoms with E-state index in [9.17, 15) is 9.59 Å². The Balaban J connectivity index is 2.22. The molecule has 2 rings (SSSR count). The molecule has 0 bridgehead atoms. The first kappa shape index (κ1) is 17.8. The summed E-state index contributed by atoms with van der Waals surface area (Å²) in [5.74, 6) is -0.384. The standard InChI is InChI=1S/C17H23ClN2O3/c1-3-19-16(21)13-7-5-9-20(11-13)15(17(22)23-2)12-6-4-8-14(18)10-12/h4,6,8,10,13,15H,3,5,7,9,11H2,1-2H3,(H,19,21)/t13-,15+/m0/s1. The van der Waals surface area contributed by atoms with Gasteiger partial charge in [0.05, 0.1) is 13.0 Å². The normalized spacial score (nSPS) is 19.9. The molecule has 0 unspecified atom stereocenters. The van der Waals surface area contributed by atoms with E-state index in [-0.39, 0.29) is 17.8 Å². The van der Waals surface area contributed by atoms with Crippen LogP contribution in [0.5, 0.6) is 0 Å². The number of piperidine rings is 1. The van der Waals surface area contributed by atoms with Crippen molar-refractivity contribution in [3.63, 3.8) is 0 Å². The molecule has 1 saturated heterocycles. The number of esters is 1. The highest BCUT2D eigenvalue weighted by molar-refractivity contribution is 6.30. The largest absolute Gasteiger partial charge is 0.468 e. The minimum Gasteiger partial charge on any atom is -0.468 e. The summed E-state index contributed by atoms with van der Waals surface area (Å²) in [6, 6.07) is 6.70. The van der Waals surface area contributed by atoms with Crippen LogP contribution >= 0.6 is 11.6 Å². The Hall–Kier alpha value is -1.59. The van der Waals surface area contributed by atoms with Crippen molar-refractivity contribution in [3.05, 3.63) is 34.9 Å². The SMILES string of the molecule is CCNC(=O)[C@H]1CCCN([C@@H](C(=O)OC)c2cccc(Cl)c2)C1. The lowest BCUT2D eigenvalue weighted by Gasteiger charge is -2.36. The third-order valence-corrected chi connectivity index (χ3v) is 4.36. The zero-order valence-electron chi connectivity index (χ0n) is 13.5. The highest BCUT2D eigenvalue weighted by Crippen LogP contribution is 2.29. The Bertz CT molecular complexity index is 565. The van der Waals surface area contributed by atoms with Crippen molar-refractivity contribution in [1.29, 1.82) is 0 Å². The molecule has 1 amide bonds. The van der Waals surface area contributed by atoms with Crippen molar-refractivity contribution in [3.8, 4) is 0 Å². The zero-order valence-corrected chi connectivity index (χ0v) is 14.3. The van der Waals surface area contributed by atoms with Gasteiger partial charge in [-0.2, -0.15) is 0 Å². The highest BCUT2D eigenvalue weighted by atomic mass is 35.5. The number of hydrogen-bond acceptors (Lipinski definition) is 4. The van der Waals surface area contributed by atoms with E-state index in [1.807, 2.05) is 24.0 Å². The number of nitrogens with one attached hydrogen (secondary N) is 1. The summed E-state index contributed by atoms with van der Waals surface area (Å²) in [4.78, 5) is 26.5. The fourth-order valence-electron chi connectivity index (χ4n) is 3.06. The van der Waals surface area contributed by atoms with E-state index in [2.05, 4.69) is 5.32 Å². The van der Waals surface area contributed by atoms with Gasteiger partial charge in [0.15, 0.2) is 0 Å². The van der Waals surface area contributed by atoms with Crippen molar-refractivity contribution in [2.24, 2.45) is 5.92 Å². The van der Waals surface area contributed by atoms with Gasteiger partial charge in [0.2, 0.25) is 5.91 Å². The Kier molecular flexibility index (Phi) is 6.42. The number of likely N-dealkylation sites (tertiary alicyclic amines) is 1. The number of hydrogen-bond donors (Lipinski definition) is 1. The van der Waals surface area contributed by atoms with Crippen LogP contribution in [0.15, 0.2) is 24.3 Å². The van der Waals surface area contributed by atoms with Crippen LogP contribution in [0.25, 0.3) is 0 Å². The molecule has 1 heterocycles. The fraction of sp³-hybridized carbons (Fsp3) is 0.529. The number of benzene rings is 1. The highest BCUT2D eigenvalue weighted by Gasteiger charge is 2.34. The minimum absolute atomic E-state index is 0.0481. The van der Waals surface area contributed by atoms with Crippen LogP contribution in [0.2, 0.25) is 5.02 Å². The molecule has 0 radical (unpaired) electrons. The van der Waals surface area contributed by atoms with Crippen LogP contribution < -0.4 is 5.32 Å². The molecule has 0 spiro atoms. The Morgan fingerprint density at radius 2 is 2.26 bits per heavy atom. The molecule has 0 saturated carbocycles. The summed E-state index contributed by atoms with van der Waals surface area (Å²) in [5.41, 5.74) is 0.792. The fourth-order valence-corrected chi connectivity index (χ4v) is 3.26. The summed E-state index contributed by atoms with van der Waals surface area (Å²) in [5, 5.41) is 3.44. The molecule has 1 aromatic carbocycles. The van der Waals surface area contributed by atoms with Crippen LogP contribution in [0.3, 0.4) is 0 Å². The number of nitrogens with zero attached hydrogens (tertiary/aromatic N) is 1. The van der Waals surface area contributed by atoms with Gasteiger partial charge in [0.1, 0.15) is 6.04 Å². The summed E-state index contributed by atoms with van der Waals surface area (Å²) in [6.07, 6.45) is 1.71. The van der Waals surface area contributed by atoms with Crippen molar-refractivity contribution >= 4 is 23.5 Å². The van der Waals surface area contributed by atoms with E-state index in [4.69, 9.17) is 16.3 Å². The number of methoxy groups -OCH3 is 1. The molecule has 126 valence electrons. The zero-order chi connectivity index (χ0) is 16.8. The van der Waals surface area contributed by atoms with Gasteiger partial charge in [-0.15, -0.1) is 0 Å². The molecule has 1 aliphatic rings. The number of rotatable bonds is 5. The summed E-state index contributed by atoms with van der Waals surface area (Å²) in [7, 11) is 1.38. The maximum absolute atomic E-state index is 12.3. The molecule has 5 nitrogen and oxygen atoms in total. The van der Waals surface area contributed by atoms with E-state index in [1.54, 1.807) is 12.1 Å². The molecule has 0 aliphatic carbocycles. The first-order valence-electron chi connectivity index (χ1n) is 7.91. The van der Waals surface area contributed by atoms with Crippen LogP contribution in [0.4, 0.5) is 0 Å². The maximum Gasteiger partial charge on any atom is 0.327 e. The first-order valence-corrected chi connectivity index (χ1v) is 8.29. The number of ether oxygens (including phenoxy) is 1. The van der Waals surface area contributed by atoms with Gasteiger partial charge >= 0.3 is 5.97 Å². The quantitative estimate of drug-likeness (QED) is 0.838. The van der Waals surface area contributed by atoms with Gasteiger partial charge in [0.25, 0.3) is 0 Å². The lowest BCUT2D eigenvalue weighted by molar-refractivity contribution is -0.149. The van der Waals surface area contributed by atoms with Crippen molar-refractivity contribution in [2.75, 3.05) is 26.7 Å². The van der Waals surface area contributed by atoms with E-state index < -0.39 is 6.04 Å². The summed E-state index contributed by atoms with van der Waals surface area (Å²) < 4.78 is 4.98. The van der Waals surface area contributed by atoms with Gasteiger partial charge in [-0.05, 0) is 44.0 Å². The smallest absolute Gasteiger partial charge is 0.327 e. The van der Waals surface area contributed by atoms with Crippen LogP contribution in [-0.2, 0) is 14.3 Å². The van der Waals surface area contributed by atoms with Gasteiger partial charge in [-0.1, -0.05) is 23.7 Å². The Morgan fingerprint density at radius 1 is 1.48 bits per heavy atom. The van der Waals surface area contributed by atoms with Crippen LogP contribution in [0.1, 0.15) is 31.4 Å². The van der Waals surface area contributed by atoms with E-state index in [0.717, 1.165) is 24.9 Å². The predicted molar refractivity (Wildman–Crippen MR) is 89.2 cm³/mol. The predicted octanol–water partition coefficient (Wildman–Crippen LogP) is 2.40. The second-order valence-electron chi connectivity index (χ2n) is 5.71. The van der Waals surface area contributed by atoms with Gasteiger partial charge < -0.3 is 10.1 Å². The average molecular weight is 339 g/mol. The molecule has 23 heavy (non-hydrogen) atoms. The molecular weight excluding hydrogens is 316 g/mol. The van der Waals surface area contributed by atoms with E-state index in [0.29, 0.717) is 18.1 Å². The van der Waals surface area contributed by atoms with Gasteiger partial charge in [-0.3, -0.25) is 9.69 Å². The van der Waals surface area contributed by atoms with Gasteiger partial charge in [0, 0.05) is 18.1 Å². The molecule has 2 atom stereocenters. The second-order valence-corrected chi connectivity index (χ2v) is 6.15. The lowest BCUT2D eigenvalue weighted by atomic mass is 9.94. The second kappa shape index (κ2) is 8.31. The number of carbonyl (C=O) groups is 2. The van der Waals surface area contributed by atoms with Crippen molar-refractivity contribution in [1.82, 2.24) is 10.2 Å². The van der Waals surface area contributed by atoms with Crippen molar-refractivity contribution < 1.29 is 14.3 Å². The Labute approximate surface area is 141 Å². The molecular formula is C17H23ClN2O3. The average Bonchev–Trinajstić information content (AvgIpc) is 2.55. The van der Waals surface area contributed by atoms with E-state index >= 15 is 0 Å². The third-order valence-electron chi connectivity index (χ3n) is 4.13. The molecule has 1 aliphatic heterocycles. The maximum atomic E-state index is 12.3. The monoisotopic (exact) mass is 338 g/mol. The van der Waals surface area contributed by atoms with Crippen LogP contribution in [-0.4, -0.2) is 43.5 Å². The lowest BCUT2D eigenvalue weighted by Crippen LogP contribution is -2.46. The minimum atomic E-state index is -0.532. The number of carbonyl (C=O) groups excluding carboxylic acids is 2. The molecule has 1 fully saturated rings. The summed E-state index contributed by atoms with van der Waals surface area (Å²) in [6.45, 7) is 3.81. The molecule has 0 aromatic heterocycles. The molecule has 1 aromatic rings. The Morgan fingerprint density at radius 3 is 2.91 bits per heavy atom. The third kappa shape index (κ3) is 4.45. The van der Waals surface area contributed by atoms with Crippen molar-refractivity contribution in [2.45, 2.75) is 25.8 Å². The van der Waals surface area contributed by atoms with E-state index in [1.165, 1.54) is 7.11 Å². The summed E-state index contributed by atoms with van der Waals surface area (Å²) >= 11 is 6.06. The molecule has 1 N–H and O–H groups in total. The number of amides is 1. The number of halogens is 1.